The van der Waals surface area contributed by atoms with Gasteiger partial charge in [-0.25, -0.2) is 0 Å². The average Bonchev–Trinajstić information content (AvgIpc) is 3.44. The smallest absolute Gasteiger partial charge is 0.236 e. The fourth-order valence-corrected chi connectivity index (χ4v) is 3.12. The van der Waals surface area contributed by atoms with Crippen LogP contribution in [-0.2, 0) is 9.59 Å². The van der Waals surface area contributed by atoms with Crippen LogP contribution in [0.5, 0.6) is 11.5 Å². The van der Waals surface area contributed by atoms with Gasteiger partial charge < -0.3 is 19.7 Å². The first-order valence-electron chi connectivity index (χ1n) is 9.69. The SMILES string of the molecule is CCCN(C[C@H]1COc2ccccc2O1)C(=O)CN(C)CC(=O)NC1CC1. The van der Waals surface area contributed by atoms with Gasteiger partial charge in [-0.2, -0.15) is 0 Å². The lowest BCUT2D eigenvalue weighted by Crippen LogP contribution is -2.48. The Balaban J connectivity index is 1.50. The summed E-state index contributed by atoms with van der Waals surface area (Å²) in [5, 5.41) is 2.95. The number of likely N-dealkylation sites (N-methyl/N-ethyl adjacent to an activating group) is 1. The van der Waals surface area contributed by atoms with Crippen molar-refractivity contribution in [2.24, 2.45) is 0 Å². The standard InChI is InChI=1S/C20H29N3O4/c1-3-10-23(11-16-14-26-17-6-4-5-7-18(17)27-16)20(25)13-22(2)12-19(24)21-15-8-9-15/h4-7,15-16H,3,8-14H2,1-2H3,(H,21,24)/t16-/m0/s1. The van der Waals surface area contributed by atoms with E-state index in [4.69, 9.17) is 9.47 Å². The van der Waals surface area contributed by atoms with E-state index in [1.165, 1.54) is 0 Å². The van der Waals surface area contributed by atoms with Crippen LogP contribution in [0, 0.1) is 0 Å². The summed E-state index contributed by atoms with van der Waals surface area (Å²) >= 11 is 0. The molecule has 0 aromatic heterocycles. The van der Waals surface area contributed by atoms with E-state index in [1.54, 1.807) is 16.8 Å². The first-order chi connectivity index (χ1) is 13.0. The van der Waals surface area contributed by atoms with E-state index >= 15 is 0 Å². The number of para-hydroxylation sites is 2. The lowest BCUT2D eigenvalue weighted by Gasteiger charge is -2.32. The number of ether oxygens (including phenoxy) is 2. The van der Waals surface area contributed by atoms with Gasteiger partial charge in [0.05, 0.1) is 19.6 Å². The Morgan fingerprint density at radius 1 is 1.19 bits per heavy atom. The van der Waals surface area contributed by atoms with Crippen molar-refractivity contribution in [2.75, 3.05) is 39.8 Å². The first-order valence-corrected chi connectivity index (χ1v) is 9.69. The van der Waals surface area contributed by atoms with E-state index in [1.807, 2.05) is 31.2 Å². The van der Waals surface area contributed by atoms with Gasteiger partial charge in [0, 0.05) is 12.6 Å². The van der Waals surface area contributed by atoms with Crippen molar-refractivity contribution in [3.63, 3.8) is 0 Å². The summed E-state index contributed by atoms with van der Waals surface area (Å²) in [4.78, 5) is 28.2. The van der Waals surface area contributed by atoms with E-state index in [0.717, 1.165) is 25.0 Å². The van der Waals surface area contributed by atoms with Crippen LogP contribution in [0.1, 0.15) is 26.2 Å². The Hall–Kier alpha value is -2.28. The molecule has 1 atom stereocenters. The molecule has 0 saturated heterocycles. The second-order valence-electron chi connectivity index (χ2n) is 7.35. The van der Waals surface area contributed by atoms with Crippen molar-refractivity contribution in [1.29, 1.82) is 0 Å². The molecule has 3 rings (SSSR count). The Morgan fingerprint density at radius 2 is 1.93 bits per heavy atom. The van der Waals surface area contributed by atoms with Crippen LogP contribution in [0.25, 0.3) is 0 Å². The molecule has 1 aromatic rings. The van der Waals surface area contributed by atoms with Crippen molar-refractivity contribution in [3.05, 3.63) is 24.3 Å². The molecule has 7 heteroatoms. The predicted molar refractivity (Wildman–Crippen MR) is 102 cm³/mol. The highest BCUT2D eigenvalue weighted by molar-refractivity contribution is 5.81. The average molecular weight is 375 g/mol. The summed E-state index contributed by atoms with van der Waals surface area (Å²) in [6, 6.07) is 7.90. The summed E-state index contributed by atoms with van der Waals surface area (Å²) in [5.41, 5.74) is 0. The van der Waals surface area contributed by atoms with E-state index in [9.17, 15) is 9.59 Å². The van der Waals surface area contributed by atoms with Gasteiger partial charge in [-0.05, 0) is 38.4 Å². The monoisotopic (exact) mass is 375 g/mol. The fraction of sp³-hybridized carbons (Fsp3) is 0.600. The van der Waals surface area contributed by atoms with Gasteiger partial charge >= 0.3 is 0 Å². The highest BCUT2D eigenvalue weighted by Crippen LogP contribution is 2.31. The summed E-state index contributed by atoms with van der Waals surface area (Å²) in [6.07, 6.45) is 2.79. The maximum Gasteiger partial charge on any atom is 0.236 e. The predicted octanol–water partition coefficient (Wildman–Crippen LogP) is 1.28. The molecule has 1 N–H and O–H groups in total. The minimum atomic E-state index is -0.195. The minimum Gasteiger partial charge on any atom is -0.486 e. The Morgan fingerprint density at radius 3 is 2.63 bits per heavy atom. The summed E-state index contributed by atoms with van der Waals surface area (Å²) in [7, 11) is 1.80. The number of rotatable bonds is 9. The van der Waals surface area contributed by atoms with Gasteiger partial charge in [0.2, 0.25) is 11.8 Å². The molecular weight excluding hydrogens is 346 g/mol. The molecular formula is C20H29N3O4. The number of fused-ring (bicyclic) bond motifs is 1. The summed E-state index contributed by atoms with van der Waals surface area (Å²) in [6.45, 7) is 4.04. The van der Waals surface area contributed by atoms with Crippen LogP contribution in [-0.4, -0.2) is 73.6 Å². The molecule has 2 aliphatic rings. The molecule has 0 radical (unpaired) electrons. The van der Waals surface area contributed by atoms with Crippen LogP contribution < -0.4 is 14.8 Å². The highest BCUT2D eigenvalue weighted by atomic mass is 16.6. The number of benzene rings is 1. The first kappa shape index (κ1) is 19.5. The maximum atomic E-state index is 12.7. The molecule has 1 aliphatic carbocycles. The third-order valence-corrected chi connectivity index (χ3v) is 4.60. The molecule has 1 fully saturated rings. The number of hydrogen-bond acceptors (Lipinski definition) is 5. The summed E-state index contributed by atoms with van der Waals surface area (Å²) in [5.74, 6) is 1.44. The molecule has 1 aromatic carbocycles. The zero-order chi connectivity index (χ0) is 19.2. The number of hydrogen-bond donors (Lipinski definition) is 1. The lowest BCUT2D eigenvalue weighted by molar-refractivity contribution is -0.134. The zero-order valence-electron chi connectivity index (χ0n) is 16.1. The molecule has 148 valence electrons. The highest BCUT2D eigenvalue weighted by Gasteiger charge is 2.27. The molecule has 27 heavy (non-hydrogen) atoms. The largest absolute Gasteiger partial charge is 0.486 e. The zero-order valence-corrected chi connectivity index (χ0v) is 16.1. The van der Waals surface area contributed by atoms with Crippen molar-refractivity contribution >= 4 is 11.8 Å². The quantitative estimate of drug-likeness (QED) is 0.704. The van der Waals surface area contributed by atoms with Crippen LogP contribution in [0.4, 0.5) is 0 Å². The van der Waals surface area contributed by atoms with Gasteiger partial charge in [-0.15, -0.1) is 0 Å². The second kappa shape index (κ2) is 9.08. The number of carbonyl (C=O) groups is 2. The van der Waals surface area contributed by atoms with Crippen LogP contribution in [0.15, 0.2) is 24.3 Å². The number of nitrogens with one attached hydrogen (secondary N) is 1. The molecule has 0 spiro atoms. The Bertz CT molecular complexity index is 662. The van der Waals surface area contributed by atoms with Crippen molar-refractivity contribution in [1.82, 2.24) is 15.1 Å². The minimum absolute atomic E-state index is 0.000954. The van der Waals surface area contributed by atoms with Crippen molar-refractivity contribution < 1.29 is 19.1 Å². The fourth-order valence-electron chi connectivity index (χ4n) is 3.12. The van der Waals surface area contributed by atoms with Crippen LogP contribution >= 0.6 is 0 Å². The summed E-state index contributed by atoms with van der Waals surface area (Å²) < 4.78 is 11.7. The maximum absolute atomic E-state index is 12.7. The lowest BCUT2D eigenvalue weighted by atomic mass is 10.2. The van der Waals surface area contributed by atoms with E-state index in [-0.39, 0.29) is 31.0 Å². The Labute approximate surface area is 160 Å². The molecule has 2 amide bonds. The second-order valence-corrected chi connectivity index (χ2v) is 7.35. The molecule has 1 aliphatic heterocycles. The normalized spacial score (nSPS) is 18.3. The van der Waals surface area contributed by atoms with Gasteiger partial charge in [-0.3, -0.25) is 14.5 Å². The molecule has 7 nitrogen and oxygen atoms in total. The van der Waals surface area contributed by atoms with E-state index in [2.05, 4.69) is 5.32 Å². The third-order valence-electron chi connectivity index (χ3n) is 4.60. The molecule has 0 unspecified atom stereocenters. The van der Waals surface area contributed by atoms with Crippen LogP contribution in [0.2, 0.25) is 0 Å². The van der Waals surface area contributed by atoms with Gasteiger partial charge in [0.25, 0.3) is 0 Å². The van der Waals surface area contributed by atoms with E-state index < -0.39 is 0 Å². The van der Waals surface area contributed by atoms with Gasteiger partial charge in [-0.1, -0.05) is 19.1 Å². The topological polar surface area (TPSA) is 71.1 Å². The van der Waals surface area contributed by atoms with Crippen molar-refractivity contribution in [2.45, 2.75) is 38.3 Å². The van der Waals surface area contributed by atoms with E-state index in [0.29, 0.717) is 31.5 Å². The van der Waals surface area contributed by atoms with Crippen LogP contribution in [0.3, 0.4) is 0 Å². The van der Waals surface area contributed by atoms with Gasteiger partial charge in [0.15, 0.2) is 17.6 Å². The molecule has 1 saturated carbocycles. The number of amides is 2. The van der Waals surface area contributed by atoms with Gasteiger partial charge in [0.1, 0.15) is 6.61 Å². The number of carbonyl (C=O) groups excluding carboxylic acids is 2. The molecule has 0 bridgehead atoms. The molecule has 1 heterocycles. The van der Waals surface area contributed by atoms with Crippen molar-refractivity contribution in [3.8, 4) is 11.5 Å². The number of nitrogens with zero attached hydrogens (tertiary/aromatic N) is 2. The third kappa shape index (κ3) is 5.85. The Kier molecular flexibility index (Phi) is 6.55.